The van der Waals surface area contributed by atoms with Gasteiger partial charge in [-0.05, 0) is 38.3 Å². The van der Waals surface area contributed by atoms with Gasteiger partial charge in [0.2, 0.25) is 0 Å². The molecule has 3 rings (SSSR count). The molecule has 112 valence electrons. The minimum absolute atomic E-state index is 0.297. The van der Waals surface area contributed by atoms with E-state index in [4.69, 9.17) is 4.74 Å². The zero-order chi connectivity index (χ0) is 14.8. The fourth-order valence-electron chi connectivity index (χ4n) is 2.51. The van der Waals surface area contributed by atoms with Gasteiger partial charge < -0.3 is 10.1 Å². The third-order valence-corrected chi connectivity index (χ3v) is 3.74. The summed E-state index contributed by atoms with van der Waals surface area (Å²) in [4.78, 5) is 4.63. The Morgan fingerprint density at radius 1 is 1.29 bits per heavy atom. The number of benzene rings is 1. The summed E-state index contributed by atoms with van der Waals surface area (Å²) >= 11 is 0. The fourth-order valence-corrected chi connectivity index (χ4v) is 2.51. The summed E-state index contributed by atoms with van der Waals surface area (Å²) in [6, 6.07) is 5.36. The molecule has 21 heavy (non-hydrogen) atoms. The number of rotatable bonds is 6. The Balaban J connectivity index is 2.10. The van der Waals surface area contributed by atoms with Crippen molar-refractivity contribution in [1.82, 2.24) is 4.98 Å². The highest BCUT2D eigenvalue weighted by atomic mass is 19.1. The van der Waals surface area contributed by atoms with Crippen LogP contribution in [0.4, 0.5) is 10.1 Å². The van der Waals surface area contributed by atoms with E-state index in [0.29, 0.717) is 23.8 Å². The molecule has 0 bridgehead atoms. The van der Waals surface area contributed by atoms with Crippen LogP contribution in [-0.4, -0.2) is 18.1 Å². The number of nitrogens with one attached hydrogen (secondary N) is 1. The van der Waals surface area contributed by atoms with Gasteiger partial charge in [0.05, 0.1) is 12.1 Å². The van der Waals surface area contributed by atoms with Gasteiger partial charge in [-0.25, -0.2) is 4.39 Å². The zero-order valence-corrected chi connectivity index (χ0v) is 12.6. The lowest BCUT2D eigenvalue weighted by molar-refractivity contribution is 0.322. The highest BCUT2D eigenvalue weighted by Crippen LogP contribution is 2.41. The number of hydrogen-bond acceptors (Lipinski definition) is 3. The van der Waals surface area contributed by atoms with Crippen molar-refractivity contribution in [2.24, 2.45) is 0 Å². The molecule has 0 atom stereocenters. The first kappa shape index (κ1) is 14.1. The molecule has 1 aromatic carbocycles. The summed E-state index contributed by atoms with van der Waals surface area (Å²) in [5.41, 5.74) is 2.81. The summed E-state index contributed by atoms with van der Waals surface area (Å²) < 4.78 is 19.4. The second kappa shape index (κ2) is 5.88. The van der Waals surface area contributed by atoms with Crippen LogP contribution >= 0.6 is 0 Å². The lowest BCUT2D eigenvalue weighted by Gasteiger charge is -2.13. The van der Waals surface area contributed by atoms with Crippen molar-refractivity contribution in [1.29, 1.82) is 0 Å². The quantitative estimate of drug-likeness (QED) is 0.851. The van der Waals surface area contributed by atoms with E-state index in [1.54, 1.807) is 6.07 Å². The van der Waals surface area contributed by atoms with Gasteiger partial charge in [0.1, 0.15) is 0 Å². The smallest absolute Gasteiger partial charge is 0.167 e. The Morgan fingerprint density at radius 2 is 2.10 bits per heavy atom. The van der Waals surface area contributed by atoms with Gasteiger partial charge in [-0.2, -0.15) is 0 Å². The van der Waals surface area contributed by atoms with Crippen molar-refractivity contribution in [2.45, 2.75) is 39.0 Å². The largest absolute Gasteiger partial charge is 0.491 e. The zero-order valence-electron chi connectivity index (χ0n) is 12.6. The van der Waals surface area contributed by atoms with Crippen LogP contribution in [0.2, 0.25) is 0 Å². The van der Waals surface area contributed by atoms with Gasteiger partial charge in [-0.3, -0.25) is 4.98 Å². The number of aromatic nitrogens is 1. The summed E-state index contributed by atoms with van der Waals surface area (Å²) in [5, 5.41) is 4.36. The van der Waals surface area contributed by atoms with E-state index < -0.39 is 0 Å². The van der Waals surface area contributed by atoms with Gasteiger partial charge >= 0.3 is 0 Å². The van der Waals surface area contributed by atoms with Crippen LogP contribution in [0.5, 0.6) is 5.75 Å². The molecule has 1 aliphatic rings. The Kier molecular flexibility index (Phi) is 3.95. The van der Waals surface area contributed by atoms with Gasteiger partial charge in [-0.1, -0.05) is 6.92 Å². The molecule has 2 aromatic rings. The lowest BCUT2D eigenvalue weighted by Crippen LogP contribution is -2.03. The third kappa shape index (κ3) is 2.94. The van der Waals surface area contributed by atoms with Crippen LogP contribution in [0.1, 0.15) is 44.7 Å². The fraction of sp³-hybridized carbons (Fsp3) is 0.471. The van der Waals surface area contributed by atoms with Crippen molar-refractivity contribution in [3.8, 4) is 5.75 Å². The molecule has 1 saturated carbocycles. The Bertz CT molecular complexity index is 653. The van der Waals surface area contributed by atoms with E-state index in [0.717, 1.165) is 29.7 Å². The van der Waals surface area contributed by atoms with Crippen LogP contribution in [0, 0.1) is 5.82 Å². The Morgan fingerprint density at radius 3 is 2.76 bits per heavy atom. The molecule has 0 spiro atoms. The molecule has 0 amide bonds. The molecule has 1 heterocycles. The van der Waals surface area contributed by atoms with Crippen molar-refractivity contribution < 1.29 is 9.13 Å². The average Bonchev–Trinajstić information content (AvgIpc) is 3.30. The predicted molar refractivity (Wildman–Crippen MR) is 83.6 cm³/mol. The first-order chi connectivity index (χ1) is 10.2. The maximum Gasteiger partial charge on any atom is 0.167 e. The molecular formula is C17H21FN2O. The van der Waals surface area contributed by atoms with Crippen molar-refractivity contribution in [3.05, 3.63) is 29.7 Å². The van der Waals surface area contributed by atoms with Gasteiger partial charge in [0.25, 0.3) is 0 Å². The van der Waals surface area contributed by atoms with E-state index in [9.17, 15) is 4.39 Å². The van der Waals surface area contributed by atoms with Crippen LogP contribution in [0.15, 0.2) is 18.2 Å². The topological polar surface area (TPSA) is 34.2 Å². The van der Waals surface area contributed by atoms with Crippen LogP contribution < -0.4 is 10.1 Å². The molecular weight excluding hydrogens is 267 g/mol. The van der Waals surface area contributed by atoms with E-state index >= 15 is 0 Å². The van der Waals surface area contributed by atoms with Crippen LogP contribution in [0.3, 0.4) is 0 Å². The standard InChI is InChI=1S/C17H21FN2O/c1-3-7-19-15-10-14(11-5-6-11)20-16-9-13(18)17(21-4-2)8-12(15)16/h8-11H,3-7H2,1-2H3,(H,19,20). The highest BCUT2D eigenvalue weighted by Gasteiger charge is 2.26. The minimum atomic E-state index is -0.341. The monoisotopic (exact) mass is 288 g/mol. The van der Waals surface area contributed by atoms with E-state index in [-0.39, 0.29) is 5.82 Å². The van der Waals surface area contributed by atoms with Gasteiger partial charge in [0, 0.05) is 35.3 Å². The maximum absolute atomic E-state index is 14.1. The third-order valence-electron chi connectivity index (χ3n) is 3.74. The normalized spacial score (nSPS) is 14.4. The van der Waals surface area contributed by atoms with E-state index in [2.05, 4.69) is 23.3 Å². The molecule has 1 fully saturated rings. The molecule has 0 unspecified atom stereocenters. The van der Waals surface area contributed by atoms with E-state index in [1.165, 1.54) is 18.9 Å². The average molecular weight is 288 g/mol. The number of nitrogens with zero attached hydrogens (tertiary/aromatic N) is 1. The van der Waals surface area contributed by atoms with Gasteiger partial charge in [-0.15, -0.1) is 0 Å². The summed E-state index contributed by atoms with van der Waals surface area (Å²) in [5.74, 6) is 0.503. The van der Waals surface area contributed by atoms with E-state index in [1.807, 2.05) is 6.92 Å². The first-order valence-corrected chi connectivity index (χ1v) is 7.73. The number of ether oxygens (including phenoxy) is 1. The molecule has 0 aliphatic heterocycles. The predicted octanol–water partition coefficient (Wildman–Crippen LogP) is 4.47. The molecule has 0 radical (unpaired) electrons. The maximum atomic E-state index is 14.1. The first-order valence-electron chi connectivity index (χ1n) is 7.73. The molecule has 1 N–H and O–H groups in total. The second-order valence-electron chi connectivity index (χ2n) is 5.53. The van der Waals surface area contributed by atoms with Crippen molar-refractivity contribution in [2.75, 3.05) is 18.5 Å². The van der Waals surface area contributed by atoms with Crippen molar-refractivity contribution >= 4 is 16.6 Å². The molecule has 1 aliphatic carbocycles. The Labute approximate surface area is 124 Å². The molecule has 0 saturated heterocycles. The number of halogens is 1. The SMILES string of the molecule is CCCNc1cc(C2CC2)nc2cc(F)c(OCC)cc12. The number of anilines is 1. The molecule has 4 heteroatoms. The molecule has 1 aromatic heterocycles. The summed E-state index contributed by atoms with van der Waals surface area (Å²) in [6.07, 6.45) is 3.42. The van der Waals surface area contributed by atoms with Crippen LogP contribution in [0.25, 0.3) is 10.9 Å². The molecule has 3 nitrogen and oxygen atoms in total. The summed E-state index contributed by atoms with van der Waals surface area (Å²) in [6.45, 7) is 5.33. The minimum Gasteiger partial charge on any atom is -0.491 e. The van der Waals surface area contributed by atoms with Gasteiger partial charge in [0.15, 0.2) is 11.6 Å². The second-order valence-corrected chi connectivity index (χ2v) is 5.53. The van der Waals surface area contributed by atoms with Crippen LogP contribution in [-0.2, 0) is 0 Å². The number of fused-ring (bicyclic) bond motifs is 1. The number of pyridine rings is 1. The highest BCUT2D eigenvalue weighted by molar-refractivity contribution is 5.92. The van der Waals surface area contributed by atoms with Crippen molar-refractivity contribution in [3.63, 3.8) is 0 Å². The number of hydrogen-bond donors (Lipinski definition) is 1. The Hall–Kier alpha value is -1.84. The summed E-state index contributed by atoms with van der Waals surface area (Å²) in [7, 11) is 0. The lowest BCUT2D eigenvalue weighted by atomic mass is 10.1.